The molecular formula is C14H17FN4OS2. The zero-order chi connectivity index (χ0) is 16.1. The number of carbonyl (C=O) groups is 1. The predicted molar refractivity (Wildman–Crippen MR) is 89.2 cm³/mol. The van der Waals surface area contributed by atoms with Crippen LogP contribution in [0.3, 0.4) is 0 Å². The molecule has 1 amide bonds. The van der Waals surface area contributed by atoms with Crippen LogP contribution in [0.25, 0.3) is 0 Å². The Balaban J connectivity index is 1.84. The van der Waals surface area contributed by atoms with Gasteiger partial charge in [0.05, 0.1) is 5.75 Å². The van der Waals surface area contributed by atoms with Crippen molar-refractivity contribution in [1.29, 1.82) is 0 Å². The number of hydrogen-bond acceptors (Lipinski definition) is 6. The van der Waals surface area contributed by atoms with Crippen molar-refractivity contribution in [2.45, 2.75) is 31.2 Å². The highest BCUT2D eigenvalue weighted by Crippen LogP contribution is 2.26. The Morgan fingerprint density at radius 1 is 1.41 bits per heavy atom. The van der Waals surface area contributed by atoms with E-state index in [2.05, 4.69) is 20.8 Å². The maximum atomic E-state index is 13.4. The number of aryl methyl sites for hydroxylation is 1. The molecule has 0 spiro atoms. The van der Waals surface area contributed by atoms with Crippen LogP contribution in [0, 0.1) is 12.7 Å². The highest BCUT2D eigenvalue weighted by atomic mass is 32.2. The lowest BCUT2D eigenvalue weighted by molar-refractivity contribution is -0.113. The third-order valence-electron chi connectivity index (χ3n) is 2.60. The fourth-order valence-electron chi connectivity index (χ4n) is 1.57. The summed E-state index contributed by atoms with van der Waals surface area (Å²) in [7, 11) is 0. The topological polar surface area (TPSA) is 66.9 Å². The van der Waals surface area contributed by atoms with Gasteiger partial charge in [0.15, 0.2) is 4.34 Å². The van der Waals surface area contributed by atoms with Crippen LogP contribution < -0.4 is 10.6 Å². The summed E-state index contributed by atoms with van der Waals surface area (Å²) in [5, 5.41) is 14.5. The normalized spacial score (nSPS) is 10.8. The Kier molecular flexibility index (Phi) is 5.73. The minimum Gasteiger partial charge on any atom is -0.358 e. The summed E-state index contributed by atoms with van der Waals surface area (Å²) in [5.41, 5.74) is 1.000. The monoisotopic (exact) mass is 340 g/mol. The second-order valence-electron chi connectivity index (χ2n) is 4.97. The van der Waals surface area contributed by atoms with Gasteiger partial charge in [0.1, 0.15) is 5.82 Å². The van der Waals surface area contributed by atoms with Crippen molar-refractivity contribution in [2.75, 3.05) is 16.4 Å². The molecule has 0 saturated heterocycles. The van der Waals surface area contributed by atoms with Crippen LogP contribution in [0.15, 0.2) is 22.5 Å². The maximum absolute atomic E-state index is 13.4. The van der Waals surface area contributed by atoms with Gasteiger partial charge in [-0.15, -0.1) is 10.2 Å². The van der Waals surface area contributed by atoms with E-state index in [9.17, 15) is 9.18 Å². The Labute approximate surface area is 136 Å². The first-order valence-electron chi connectivity index (χ1n) is 6.73. The minimum atomic E-state index is -0.334. The van der Waals surface area contributed by atoms with E-state index in [0.717, 1.165) is 5.13 Å². The lowest BCUT2D eigenvalue weighted by atomic mass is 10.2. The second-order valence-corrected chi connectivity index (χ2v) is 7.17. The van der Waals surface area contributed by atoms with E-state index in [4.69, 9.17) is 0 Å². The zero-order valence-corrected chi connectivity index (χ0v) is 14.1. The molecule has 2 N–H and O–H groups in total. The van der Waals surface area contributed by atoms with Gasteiger partial charge < -0.3 is 10.6 Å². The number of halogens is 1. The number of nitrogens with zero attached hydrogens (tertiary/aromatic N) is 2. The molecule has 0 bridgehead atoms. The molecule has 0 fully saturated rings. The van der Waals surface area contributed by atoms with Gasteiger partial charge in [0.2, 0.25) is 11.0 Å². The molecule has 0 atom stereocenters. The second kappa shape index (κ2) is 7.55. The summed E-state index contributed by atoms with van der Waals surface area (Å²) in [6.45, 7) is 5.71. The Hall–Kier alpha value is -1.67. The van der Waals surface area contributed by atoms with Gasteiger partial charge in [-0.2, -0.15) is 0 Å². The third kappa shape index (κ3) is 4.96. The van der Waals surface area contributed by atoms with E-state index >= 15 is 0 Å². The van der Waals surface area contributed by atoms with Crippen molar-refractivity contribution < 1.29 is 9.18 Å². The largest absolute Gasteiger partial charge is 0.358 e. The molecule has 2 rings (SSSR count). The summed E-state index contributed by atoms with van der Waals surface area (Å²) in [6, 6.07) is 4.90. The van der Waals surface area contributed by atoms with Crippen molar-refractivity contribution in [1.82, 2.24) is 10.2 Å². The lowest BCUT2D eigenvalue weighted by Crippen LogP contribution is -2.14. The Morgan fingerprint density at radius 2 is 2.18 bits per heavy atom. The average Bonchev–Trinajstić information content (AvgIpc) is 2.87. The summed E-state index contributed by atoms with van der Waals surface area (Å²) >= 11 is 2.71. The smallest absolute Gasteiger partial charge is 0.234 e. The predicted octanol–water partition coefficient (Wildman–Crippen LogP) is 3.54. The highest BCUT2D eigenvalue weighted by Gasteiger charge is 2.09. The fraction of sp³-hybridized carbons (Fsp3) is 0.357. The molecule has 0 aliphatic carbocycles. The van der Waals surface area contributed by atoms with Gasteiger partial charge in [0, 0.05) is 11.7 Å². The average molecular weight is 340 g/mol. The van der Waals surface area contributed by atoms with Gasteiger partial charge in [-0.25, -0.2) is 4.39 Å². The Morgan fingerprint density at radius 3 is 2.86 bits per heavy atom. The summed E-state index contributed by atoms with van der Waals surface area (Å²) in [6.07, 6.45) is 0. The van der Waals surface area contributed by atoms with E-state index in [1.165, 1.54) is 29.2 Å². The van der Waals surface area contributed by atoms with Crippen LogP contribution in [0.1, 0.15) is 19.4 Å². The number of carbonyl (C=O) groups excluding carboxylic acids is 1. The number of rotatable bonds is 6. The number of hydrogen-bond donors (Lipinski definition) is 2. The van der Waals surface area contributed by atoms with Gasteiger partial charge in [-0.05, 0) is 38.5 Å². The van der Waals surface area contributed by atoms with E-state index in [1.807, 2.05) is 13.8 Å². The first-order chi connectivity index (χ1) is 10.4. The molecule has 5 nitrogen and oxygen atoms in total. The minimum absolute atomic E-state index is 0.200. The molecule has 0 aliphatic heterocycles. The summed E-state index contributed by atoms with van der Waals surface area (Å²) in [4.78, 5) is 11.9. The quantitative estimate of drug-likeness (QED) is 0.788. The van der Waals surface area contributed by atoms with Crippen molar-refractivity contribution in [3.63, 3.8) is 0 Å². The first kappa shape index (κ1) is 16.7. The molecule has 1 heterocycles. The van der Waals surface area contributed by atoms with E-state index in [1.54, 1.807) is 19.1 Å². The van der Waals surface area contributed by atoms with Crippen LogP contribution in [0.2, 0.25) is 0 Å². The molecule has 0 unspecified atom stereocenters. The van der Waals surface area contributed by atoms with Gasteiger partial charge in [-0.3, -0.25) is 4.79 Å². The standard InChI is InChI=1S/C14H17FN4OS2/c1-8(2)16-13-18-19-14(22-13)21-7-12(20)17-10-5-4-9(3)11(15)6-10/h4-6,8H,7H2,1-3H3,(H,16,18)(H,17,20). The number of thioether (sulfide) groups is 1. The fourth-order valence-corrected chi connectivity index (χ4v) is 3.27. The van der Waals surface area contributed by atoms with Gasteiger partial charge >= 0.3 is 0 Å². The first-order valence-corrected chi connectivity index (χ1v) is 8.53. The van der Waals surface area contributed by atoms with Crippen LogP contribution in [-0.2, 0) is 4.79 Å². The molecule has 2 aromatic rings. The number of anilines is 2. The summed E-state index contributed by atoms with van der Waals surface area (Å²) in [5.74, 6) is -0.341. The van der Waals surface area contributed by atoms with Crippen LogP contribution in [0.4, 0.5) is 15.2 Å². The molecule has 0 aliphatic rings. The van der Waals surface area contributed by atoms with Crippen LogP contribution in [-0.4, -0.2) is 27.9 Å². The molecule has 1 aromatic carbocycles. The molecular weight excluding hydrogens is 323 g/mol. The molecule has 0 radical (unpaired) electrons. The number of benzene rings is 1. The van der Waals surface area contributed by atoms with Crippen molar-refractivity contribution in [2.24, 2.45) is 0 Å². The number of amides is 1. The van der Waals surface area contributed by atoms with Crippen molar-refractivity contribution in [3.8, 4) is 0 Å². The maximum Gasteiger partial charge on any atom is 0.234 e. The van der Waals surface area contributed by atoms with Crippen LogP contribution in [0.5, 0.6) is 0 Å². The number of nitrogens with one attached hydrogen (secondary N) is 2. The third-order valence-corrected chi connectivity index (χ3v) is 4.59. The van der Waals surface area contributed by atoms with Crippen molar-refractivity contribution in [3.05, 3.63) is 29.6 Å². The summed E-state index contributed by atoms with van der Waals surface area (Å²) < 4.78 is 14.1. The molecule has 118 valence electrons. The number of aromatic nitrogens is 2. The van der Waals surface area contributed by atoms with E-state index in [0.29, 0.717) is 15.6 Å². The lowest BCUT2D eigenvalue weighted by Gasteiger charge is -2.05. The van der Waals surface area contributed by atoms with Gasteiger partial charge in [-0.1, -0.05) is 29.2 Å². The molecule has 22 heavy (non-hydrogen) atoms. The Bertz CT molecular complexity index is 660. The van der Waals surface area contributed by atoms with Crippen LogP contribution >= 0.6 is 23.1 Å². The SMILES string of the molecule is Cc1ccc(NC(=O)CSc2nnc(NC(C)C)s2)cc1F. The molecule has 1 aromatic heterocycles. The zero-order valence-electron chi connectivity index (χ0n) is 12.5. The van der Waals surface area contributed by atoms with E-state index in [-0.39, 0.29) is 23.5 Å². The highest BCUT2D eigenvalue weighted by molar-refractivity contribution is 8.01. The molecule has 0 saturated carbocycles. The van der Waals surface area contributed by atoms with Gasteiger partial charge in [0.25, 0.3) is 0 Å². The van der Waals surface area contributed by atoms with E-state index < -0.39 is 0 Å². The molecule has 8 heteroatoms. The van der Waals surface area contributed by atoms with Crippen molar-refractivity contribution >= 4 is 39.8 Å².